The van der Waals surface area contributed by atoms with Gasteiger partial charge in [0.25, 0.3) is 0 Å². The largest absolute Gasteiger partial charge is 0.482 e. The Balaban J connectivity index is 1.85. The molecule has 0 amide bonds. The molecule has 0 unspecified atom stereocenters. The van der Waals surface area contributed by atoms with E-state index in [1.54, 1.807) is 6.07 Å². The van der Waals surface area contributed by atoms with Crippen molar-refractivity contribution in [2.75, 3.05) is 59.1 Å². The molecule has 8 nitrogen and oxygen atoms in total. The Labute approximate surface area is 232 Å². The summed E-state index contributed by atoms with van der Waals surface area (Å²) in [4.78, 5) is 30.1. The second-order valence-electron chi connectivity index (χ2n) is 9.46. The van der Waals surface area contributed by atoms with Gasteiger partial charge in [0.05, 0.1) is 11.1 Å². The number of likely N-dealkylation sites (N-methyl/N-ethyl adjacent to an activating group) is 2. The summed E-state index contributed by atoms with van der Waals surface area (Å²) in [7, 11) is 0. The Bertz CT molecular complexity index is 1240. The summed E-state index contributed by atoms with van der Waals surface area (Å²) < 4.78 is 18.9. The Hall–Kier alpha value is -3.36. The third kappa shape index (κ3) is 7.61. The van der Waals surface area contributed by atoms with Crippen molar-refractivity contribution in [2.45, 2.75) is 41.5 Å². The van der Waals surface area contributed by atoms with Crippen molar-refractivity contribution in [3.8, 4) is 11.4 Å². The van der Waals surface area contributed by atoms with E-state index in [1.165, 1.54) is 0 Å². The summed E-state index contributed by atoms with van der Waals surface area (Å²) in [6.45, 7) is 17.7. The number of ether oxygens (including phenoxy) is 3. The molecule has 0 atom stereocenters. The van der Waals surface area contributed by atoms with Gasteiger partial charge in [0.15, 0.2) is 6.61 Å². The fraction of sp³-hybridized carbons (Fsp3) is 0.484. The van der Waals surface area contributed by atoms with Gasteiger partial charge in [0.1, 0.15) is 19.0 Å². The van der Waals surface area contributed by atoms with Crippen LogP contribution in [-0.2, 0) is 14.3 Å². The number of hydrogen-bond acceptors (Lipinski definition) is 7. The van der Waals surface area contributed by atoms with E-state index in [9.17, 15) is 9.59 Å². The zero-order valence-corrected chi connectivity index (χ0v) is 24.3. The minimum absolute atomic E-state index is 0.203. The minimum Gasteiger partial charge on any atom is -0.482 e. The number of benzene rings is 2. The van der Waals surface area contributed by atoms with E-state index in [0.717, 1.165) is 54.0 Å². The molecule has 0 aliphatic heterocycles. The number of carbonyl (C=O) groups is 2. The van der Waals surface area contributed by atoms with Crippen LogP contribution in [0.5, 0.6) is 5.75 Å². The highest BCUT2D eigenvalue weighted by Gasteiger charge is 2.23. The van der Waals surface area contributed by atoms with E-state index in [-0.39, 0.29) is 12.6 Å². The van der Waals surface area contributed by atoms with Crippen molar-refractivity contribution in [3.05, 3.63) is 59.3 Å². The van der Waals surface area contributed by atoms with E-state index in [4.69, 9.17) is 14.2 Å². The fourth-order valence-electron chi connectivity index (χ4n) is 4.76. The zero-order valence-electron chi connectivity index (χ0n) is 24.3. The topological polar surface area (TPSA) is 73.2 Å². The maximum atomic E-state index is 13.4. The Morgan fingerprint density at radius 3 is 2.05 bits per heavy atom. The predicted molar refractivity (Wildman–Crippen MR) is 155 cm³/mol. The molecule has 1 heterocycles. The molecule has 8 heteroatoms. The molecule has 0 aliphatic carbocycles. The van der Waals surface area contributed by atoms with Crippen molar-refractivity contribution in [3.63, 3.8) is 0 Å². The van der Waals surface area contributed by atoms with Crippen molar-refractivity contribution < 1.29 is 23.8 Å². The monoisotopic (exact) mass is 537 g/mol. The van der Waals surface area contributed by atoms with Crippen LogP contribution in [0.4, 0.5) is 0 Å². The summed E-state index contributed by atoms with van der Waals surface area (Å²) in [5.74, 6) is -0.306. The number of esters is 2. The van der Waals surface area contributed by atoms with Crippen LogP contribution in [0.2, 0.25) is 0 Å². The molecule has 0 spiro atoms. The lowest BCUT2D eigenvalue weighted by Crippen LogP contribution is -2.28. The number of fused-ring (bicyclic) bond motifs is 1. The molecule has 212 valence electrons. The van der Waals surface area contributed by atoms with Crippen molar-refractivity contribution in [2.24, 2.45) is 0 Å². The van der Waals surface area contributed by atoms with Crippen LogP contribution < -0.4 is 4.74 Å². The molecule has 0 bridgehead atoms. The van der Waals surface area contributed by atoms with E-state index in [2.05, 4.69) is 42.1 Å². The Kier molecular flexibility index (Phi) is 11.4. The third-order valence-electron chi connectivity index (χ3n) is 7.19. The van der Waals surface area contributed by atoms with E-state index >= 15 is 0 Å². The molecule has 3 rings (SSSR count). The number of hydrogen-bond donors (Lipinski definition) is 0. The summed E-state index contributed by atoms with van der Waals surface area (Å²) in [6.07, 6.45) is 0. The highest BCUT2D eigenvalue weighted by atomic mass is 16.6. The molecule has 0 radical (unpaired) electrons. The summed E-state index contributed by atoms with van der Waals surface area (Å²) in [6, 6.07) is 13.6. The van der Waals surface area contributed by atoms with Gasteiger partial charge in [0.2, 0.25) is 0 Å². The number of aryl methyl sites for hydroxylation is 1. The number of para-hydroxylation sites is 1. The second kappa shape index (κ2) is 14.7. The lowest BCUT2D eigenvalue weighted by atomic mass is 10.1. The predicted octanol–water partition coefficient (Wildman–Crippen LogP) is 5.01. The van der Waals surface area contributed by atoms with Gasteiger partial charge in [-0.15, -0.1) is 0 Å². The molecule has 1 aromatic heterocycles. The zero-order chi connectivity index (χ0) is 28.4. The summed E-state index contributed by atoms with van der Waals surface area (Å²) in [5.41, 5.74) is 4.24. The highest BCUT2D eigenvalue weighted by molar-refractivity contribution is 6.07. The Morgan fingerprint density at radius 2 is 1.44 bits per heavy atom. The summed E-state index contributed by atoms with van der Waals surface area (Å²) >= 11 is 0. The molecule has 3 aromatic rings. The fourth-order valence-corrected chi connectivity index (χ4v) is 4.76. The molecule has 0 saturated carbocycles. The van der Waals surface area contributed by atoms with Gasteiger partial charge in [-0.3, -0.25) is 0 Å². The number of rotatable bonds is 15. The van der Waals surface area contributed by atoms with Crippen molar-refractivity contribution in [1.29, 1.82) is 0 Å². The highest BCUT2D eigenvalue weighted by Crippen LogP contribution is 2.33. The number of carbonyl (C=O) groups excluding carboxylic acids is 2. The van der Waals surface area contributed by atoms with Crippen LogP contribution in [0.3, 0.4) is 0 Å². The van der Waals surface area contributed by atoms with Gasteiger partial charge in [-0.05, 0) is 69.9 Å². The molecule has 0 N–H and O–H groups in total. The number of aromatic nitrogens is 1. The van der Waals surface area contributed by atoms with Gasteiger partial charge >= 0.3 is 11.9 Å². The van der Waals surface area contributed by atoms with Crippen molar-refractivity contribution in [1.82, 2.24) is 14.4 Å². The summed E-state index contributed by atoms with van der Waals surface area (Å²) in [5, 5.41) is 0.719. The van der Waals surface area contributed by atoms with Crippen LogP contribution in [0, 0.1) is 13.8 Å². The molecule has 0 aliphatic rings. The smallest absolute Gasteiger partial charge is 0.344 e. The first-order valence-electron chi connectivity index (χ1n) is 14.0. The SMILES string of the molecule is CCN(CC)CCOC(=O)COc1ccc2c(c1)c(C(=O)OCCN(CC)CC)c(C)n2-c1ccccc1C. The first-order chi connectivity index (χ1) is 18.8. The third-order valence-corrected chi connectivity index (χ3v) is 7.19. The van der Waals surface area contributed by atoms with Gasteiger partial charge in [-0.2, -0.15) is 0 Å². The molecule has 39 heavy (non-hydrogen) atoms. The average Bonchev–Trinajstić information content (AvgIpc) is 3.23. The second-order valence-corrected chi connectivity index (χ2v) is 9.46. The first kappa shape index (κ1) is 30.2. The Morgan fingerprint density at radius 1 is 0.821 bits per heavy atom. The van der Waals surface area contributed by atoms with Crippen molar-refractivity contribution >= 4 is 22.8 Å². The molecule has 0 fully saturated rings. The molecular weight excluding hydrogens is 494 g/mol. The van der Waals surface area contributed by atoms with E-state index in [1.807, 2.05) is 50.2 Å². The lowest BCUT2D eigenvalue weighted by Gasteiger charge is -2.17. The lowest BCUT2D eigenvalue weighted by molar-refractivity contribution is -0.146. The maximum Gasteiger partial charge on any atom is 0.344 e. The van der Waals surface area contributed by atoms with Gasteiger partial charge < -0.3 is 28.6 Å². The molecule has 0 saturated heterocycles. The van der Waals surface area contributed by atoms with Gasteiger partial charge in [-0.1, -0.05) is 45.9 Å². The van der Waals surface area contributed by atoms with Gasteiger partial charge in [0, 0.05) is 29.9 Å². The van der Waals surface area contributed by atoms with Crippen LogP contribution in [0.15, 0.2) is 42.5 Å². The average molecular weight is 538 g/mol. The molecular formula is C31H43N3O5. The number of nitrogens with zero attached hydrogens (tertiary/aromatic N) is 3. The first-order valence-corrected chi connectivity index (χ1v) is 14.0. The van der Waals surface area contributed by atoms with Gasteiger partial charge in [-0.25, -0.2) is 9.59 Å². The van der Waals surface area contributed by atoms with Crippen LogP contribution in [-0.4, -0.2) is 85.4 Å². The van der Waals surface area contributed by atoms with Crippen LogP contribution in [0.1, 0.15) is 49.3 Å². The standard InChI is InChI=1S/C31H43N3O5/c1-7-32(8-2)17-19-37-29(35)22-39-25-15-16-28-26(21-25)30(31(36)38-20-18-33(9-3)10-4)24(6)34(28)27-14-12-11-13-23(27)5/h11-16,21H,7-10,17-20,22H2,1-6H3. The molecule has 2 aromatic carbocycles. The maximum absolute atomic E-state index is 13.4. The quantitative estimate of drug-likeness (QED) is 0.252. The normalized spacial score (nSPS) is 11.4. The van der Waals surface area contributed by atoms with E-state index in [0.29, 0.717) is 37.6 Å². The van der Waals surface area contributed by atoms with Crippen LogP contribution in [0.25, 0.3) is 16.6 Å². The minimum atomic E-state index is -0.424. The van der Waals surface area contributed by atoms with Crippen LogP contribution >= 0.6 is 0 Å². The van der Waals surface area contributed by atoms with E-state index < -0.39 is 5.97 Å².